The molecular weight excluding hydrogens is 412 g/mol. The SMILES string of the molecule is CCN(CC)S(=O)(=O)c1ccc(N2CCOCC2)c(C(=O)N=c2sccn2C)c1. The van der Waals surface area contributed by atoms with E-state index in [9.17, 15) is 13.2 Å². The molecule has 158 valence electrons. The fourth-order valence-electron chi connectivity index (χ4n) is 3.22. The quantitative estimate of drug-likeness (QED) is 0.685. The van der Waals surface area contributed by atoms with Crippen LogP contribution in [0.5, 0.6) is 0 Å². The van der Waals surface area contributed by atoms with Crippen LogP contribution in [0.4, 0.5) is 5.69 Å². The van der Waals surface area contributed by atoms with Crippen LogP contribution in [0.1, 0.15) is 24.2 Å². The van der Waals surface area contributed by atoms with E-state index >= 15 is 0 Å². The average molecular weight is 439 g/mol. The molecule has 8 nitrogen and oxygen atoms in total. The van der Waals surface area contributed by atoms with Crippen molar-refractivity contribution >= 4 is 33.0 Å². The Morgan fingerprint density at radius 2 is 1.93 bits per heavy atom. The summed E-state index contributed by atoms with van der Waals surface area (Å²) >= 11 is 1.35. The number of benzene rings is 1. The van der Waals surface area contributed by atoms with Gasteiger partial charge >= 0.3 is 0 Å². The number of anilines is 1. The van der Waals surface area contributed by atoms with Gasteiger partial charge in [0, 0.05) is 50.5 Å². The zero-order valence-electron chi connectivity index (χ0n) is 16.9. The number of sulfonamides is 1. The first-order valence-corrected chi connectivity index (χ1v) is 11.9. The first-order chi connectivity index (χ1) is 13.9. The molecule has 0 N–H and O–H groups in total. The second-order valence-electron chi connectivity index (χ2n) is 6.58. The summed E-state index contributed by atoms with van der Waals surface area (Å²) in [6.45, 7) is 6.70. The summed E-state index contributed by atoms with van der Waals surface area (Å²) in [6, 6.07) is 4.73. The van der Waals surface area contributed by atoms with Crippen LogP contribution in [-0.4, -0.2) is 62.6 Å². The predicted molar refractivity (Wildman–Crippen MR) is 113 cm³/mol. The van der Waals surface area contributed by atoms with Gasteiger partial charge in [-0.25, -0.2) is 8.42 Å². The number of rotatable bonds is 6. The summed E-state index contributed by atoms with van der Waals surface area (Å²) in [4.78, 5) is 20.0. The molecule has 0 spiro atoms. The molecule has 0 unspecified atom stereocenters. The van der Waals surface area contributed by atoms with Crippen molar-refractivity contribution in [1.82, 2.24) is 8.87 Å². The van der Waals surface area contributed by atoms with E-state index in [0.717, 1.165) is 0 Å². The highest BCUT2D eigenvalue weighted by atomic mass is 32.2. The standard InChI is InChI=1S/C19H26N4O4S2/c1-4-23(5-2)29(25,26)15-6-7-17(22-8-11-27-12-9-22)16(14-15)18(24)20-19-21(3)10-13-28-19/h6-7,10,13-14H,4-5,8-9,11-12H2,1-3H3. The van der Waals surface area contributed by atoms with Gasteiger partial charge in [0.1, 0.15) is 0 Å². The van der Waals surface area contributed by atoms with Gasteiger partial charge in [0.2, 0.25) is 10.0 Å². The number of morpholine rings is 1. The van der Waals surface area contributed by atoms with Crippen LogP contribution >= 0.6 is 11.3 Å². The zero-order chi connectivity index (χ0) is 21.0. The van der Waals surface area contributed by atoms with E-state index in [4.69, 9.17) is 4.74 Å². The van der Waals surface area contributed by atoms with Gasteiger partial charge < -0.3 is 14.2 Å². The smallest absolute Gasteiger partial charge is 0.281 e. The van der Waals surface area contributed by atoms with Crippen molar-refractivity contribution in [1.29, 1.82) is 0 Å². The number of aryl methyl sites for hydroxylation is 1. The fraction of sp³-hybridized carbons (Fsp3) is 0.474. The van der Waals surface area contributed by atoms with Crippen LogP contribution in [0.25, 0.3) is 0 Å². The molecular formula is C19H26N4O4S2. The lowest BCUT2D eigenvalue weighted by Crippen LogP contribution is -2.37. The molecule has 1 aliphatic rings. The Balaban J connectivity index is 2.11. The van der Waals surface area contributed by atoms with Gasteiger partial charge in [-0.05, 0) is 18.2 Å². The van der Waals surface area contributed by atoms with Crippen molar-refractivity contribution in [2.75, 3.05) is 44.3 Å². The van der Waals surface area contributed by atoms with Crippen molar-refractivity contribution < 1.29 is 17.9 Å². The Labute approximate surface area is 175 Å². The molecule has 0 saturated carbocycles. The number of aromatic nitrogens is 1. The minimum absolute atomic E-state index is 0.104. The molecule has 3 rings (SSSR count). The maximum absolute atomic E-state index is 13.1. The molecule has 0 atom stereocenters. The van der Waals surface area contributed by atoms with Crippen LogP contribution < -0.4 is 9.70 Å². The first-order valence-electron chi connectivity index (χ1n) is 9.54. The van der Waals surface area contributed by atoms with E-state index in [1.54, 1.807) is 30.5 Å². The Morgan fingerprint density at radius 1 is 1.24 bits per heavy atom. The molecule has 1 saturated heterocycles. The monoisotopic (exact) mass is 438 g/mol. The molecule has 2 aromatic rings. The average Bonchev–Trinajstić information content (AvgIpc) is 3.13. The van der Waals surface area contributed by atoms with Crippen LogP contribution in [-0.2, 0) is 21.8 Å². The van der Waals surface area contributed by atoms with Crippen LogP contribution in [0, 0.1) is 0 Å². The number of hydrogen-bond acceptors (Lipinski definition) is 6. The fourth-order valence-corrected chi connectivity index (χ4v) is 5.43. The van der Waals surface area contributed by atoms with Crippen molar-refractivity contribution in [3.05, 3.63) is 40.1 Å². The Bertz CT molecular complexity index is 1030. The summed E-state index contributed by atoms with van der Waals surface area (Å²) in [5.74, 6) is -0.457. The largest absolute Gasteiger partial charge is 0.378 e. The predicted octanol–water partition coefficient (Wildman–Crippen LogP) is 1.69. The normalized spacial score (nSPS) is 15.9. The zero-order valence-corrected chi connectivity index (χ0v) is 18.5. The van der Waals surface area contributed by atoms with Crippen LogP contribution in [0.15, 0.2) is 39.7 Å². The van der Waals surface area contributed by atoms with E-state index in [-0.39, 0.29) is 10.5 Å². The van der Waals surface area contributed by atoms with Gasteiger partial charge in [-0.1, -0.05) is 13.8 Å². The van der Waals surface area contributed by atoms with E-state index in [2.05, 4.69) is 4.99 Å². The maximum Gasteiger partial charge on any atom is 0.281 e. The Morgan fingerprint density at radius 3 is 2.52 bits per heavy atom. The third kappa shape index (κ3) is 4.61. The summed E-state index contributed by atoms with van der Waals surface area (Å²) in [7, 11) is -1.87. The summed E-state index contributed by atoms with van der Waals surface area (Å²) < 4.78 is 34.5. The molecule has 1 aromatic carbocycles. The lowest BCUT2D eigenvalue weighted by atomic mass is 10.1. The molecule has 0 bridgehead atoms. The number of carbonyl (C=O) groups is 1. The molecule has 1 aliphatic heterocycles. The first kappa shape index (κ1) is 21.7. The molecule has 10 heteroatoms. The molecule has 0 radical (unpaired) electrons. The Hall–Kier alpha value is -2.01. The van der Waals surface area contributed by atoms with Gasteiger partial charge in [0.15, 0.2) is 4.80 Å². The van der Waals surface area contributed by atoms with Gasteiger partial charge in [-0.2, -0.15) is 9.30 Å². The van der Waals surface area contributed by atoms with Crippen molar-refractivity contribution in [3.8, 4) is 0 Å². The summed E-state index contributed by atoms with van der Waals surface area (Å²) in [5, 5.41) is 1.84. The number of carbonyl (C=O) groups excluding carboxylic acids is 1. The van der Waals surface area contributed by atoms with Crippen molar-refractivity contribution in [2.24, 2.45) is 12.0 Å². The molecule has 0 aliphatic carbocycles. The minimum Gasteiger partial charge on any atom is -0.378 e. The lowest BCUT2D eigenvalue weighted by molar-refractivity contribution is 0.0996. The molecule has 1 fully saturated rings. The van der Waals surface area contributed by atoms with E-state index in [1.807, 2.05) is 23.5 Å². The van der Waals surface area contributed by atoms with E-state index < -0.39 is 15.9 Å². The Kier molecular flexibility index (Phi) is 6.89. The summed E-state index contributed by atoms with van der Waals surface area (Å²) in [6.07, 6.45) is 1.82. The second-order valence-corrected chi connectivity index (χ2v) is 9.39. The highest BCUT2D eigenvalue weighted by Gasteiger charge is 2.26. The molecule has 2 heterocycles. The molecule has 29 heavy (non-hydrogen) atoms. The maximum atomic E-state index is 13.1. The van der Waals surface area contributed by atoms with Gasteiger partial charge in [0.25, 0.3) is 5.91 Å². The highest BCUT2D eigenvalue weighted by molar-refractivity contribution is 7.89. The third-order valence-corrected chi connectivity index (χ3v) is 7.74. The number of nitrogens with zero attached hydrogens (tertiary/aromatic N) is 4. The van der Waals surface area contributed by atoms with Crippen molar-refractivity contribution in [3.63, 3.8) is 0 Å². The van der Waals surface area contributed by atoms with Gasteiger partial charge in [0.05, 0.1) is 23.7 Å². The van der Waals surface area contributed by atoms with Gasteiger partial charge in [-0.3, -0.25) is 4.79 Å². The molecule has 1 aromatic heterocycles. The topological polar surface area (TPSA) is 84.2 Å². The second kappa shape index (κ2) is 9.21. The van der Waals surface area contributed by atoms with Crippen LogP contribution in [0.2, 0.25) is 0 Å². The number of hydrogen-bond donors (Lipinski definition) is 0. The number of thiazole rings is 1. The third-order valence-electron chi connectivity index (χ3n) is 4.85. The minimum atomic E-state index is -3.68. The molecule has 1 amide bonds. The van der Waals surface area contributed by atoms with Crippen molar-refractivity contribution in [2.45, 2.75) is 18.7 Å². The van der Waals surface area contributed by atoms with Gasteiger partial charge in [-0.15, -0.1) is 11.3 Å². The highest BCUT2D eigenvalue weighted by Crippen LogP contribution is 2.27. The van der Waals surface area contributed by atoms with E-state index in [1.165, 1.54) is 21.7 Å². The summed E-state index contributed by atoms with van der Waals surface area (Å²) in [5.41, 5.74) is 0.966. The number of amides is 1. The lowest BCUT2D eigenvalue weighted by Gasteiger charge is -2.30. The van der Waals surface area contributed by atoms with Crippen LogP contribution in [0.3, 0.4) is 0 Å². The number of ether oxygens (including phenoxy) is 1. The van der Waals surface area contributed by atoms with E-state index in [0.29, 0.717) is 49.9 Å².